The number of ether oxygens (including phenoxy) is 1. The summed E-state index contributed by atoms with van der Waals surface area (Å²) in [6.45, 7) is 2.23. The molecule has 1 aliphatic heterocycles. The van der Waals surface area contributed by atoms with E-state index in [1.807, 2.05) is 31.2 Å². The van der Waals surface area contributed by atoms with Crippen molar-refractivity contribution in [1.29, 1.82) is 0 Å². The van der Waals surface area contributed by atoms with Crippen LogP contribution >= 0.6 is 0 Å². The number of hydrogen-bond donors (Lipinski definition) is 1. The number of carbonyl (C=O) groups excluding carboxylic acids is 1. The largest absolute Gasteiger partial charge is 0.496 e. The van der Waals surface area contributed by atoms with Crippen LogP contribution in [0.25, 0.3) is 0 Å². The van der Waals surface area contributed by atoms with Gasteiger partial charge in [-0.1, -0.05) is 25.1 Å². The first-order valence-corrected chi connectivity index (χ1v) is 11.6. The summed E-state index contributed by atoms with van der Waals surface area (Å²) in [7, 11) is -2.37. The Balaban J connectivity index is 1.64. The van der Waals surface area contributed by atoms with E-state index in [4.69, 9.17) is 4.74 Å². The zero-order valence-corrected chi connectivity index (χ0v) is 18.3. The molecule has 0 saturated carbocycles. The number of carbonyl (C=O) groups is 1. The predicted molar refractivity (Wildman–Crippen MR) is 112 cm³/mol. The van der Waals surface area contributed by atoms with Gasteiger partial charge in [0.15, 0.2) is 11.6 Å². The number of piperidine rings is 1. The zero-order chi connectivity index (χ0) is 22.6. The van der Waals surface area contributed by atoms with E-state index in [-0.39, 0.29) is 35.9 Å². The van der Waals surface area contributed by atoms with Crippen molar-refractivity contribution in [3.63, 3.8) is 0 Å². The van der Waals surface area contributed by atoms with Crippen molar-refractivity contribution in [3.8, 4) is 5.75 Å². The van der Waals surface area contributed by atoms with Gasteiger partial charge in [0.2, 0.25) is 15.9 Å². The van der Waals surface area contributed by atoms with Crippen LogP contribution in [0.4, 0.5) is 8.78 Å². The maximum absolute atomic E-state index is 13.5. The average molecular weight is 453 g/mol. The van der Waals surface area contributed by atoms with Crippen molar-refractivity contribution in [3.05, 3.63) is 59.7 Å². The first-order valence-electron chi connectivity index (χ1n) is 10.2. The number of para-hydroxylation sites is 1. The summed E-state index contributed by atoms with van der Waals surface area (Å²) in [6, 6.07) is 9.80. The highest BCUT2D eigenvalue weighted by Gasteiger charge is 2.33. The minimum absolute atomic E-state index is 0.130. The standard InChI is InChI=1S/C22H26F2N2O4S/c1-3-20(17-6-4-5-7-21(17)30-2)25-22(27)15-10-12-26(13-11-15)31(28,29)16-8-9-18(23)19(24)14-16/h4-9,14-15,20H,3,10-13H2,1-2H3,(H,25,27). The lowest BCUT2D eigenvalue weighted by atomic mass is 9.95. The third kappa shape index (κ3) is 5.04. The van der Waals surface area contributed by atoms with Gasteiger partial charge >= 0.3 is 0 Å². The Morgan fingerprint density at radius 3 is 2.45 bits per heavy atom. The summed E-state index contributed by atoms with van der Waals surface area (Å²) in [4.78, 5) is 12.5. The summed E-state index contributed by atoms with van der Waals surface area (Å²) in [5.74, 6) is -2.09. The van der Waals surface area contributed by atoms with Crippen LogP contribution < -0.4 is 10.1 Å². The highest BCUT2D eigenvalue weighted by Crippen LogP contribution is 2.29. The first-order chi connectivity index (χ1) is 14.8. The molecular weight excluding hydrogens is 426 g/mol. The molecule has 1 amide bonds. The van der Waals surface area contributed by atoms with Crippen molar-refractivity contribution in [2.24, 2.45) is 5.92 Å². The monoisotopic (exact) mass is 452 g/mol. The van der Waals surface area contributed by atoms with E-state index in [0.717, 1.165) is 17.7 Å². The minimum Gasteiger partial charge on any atom is -0.496 e. The Hall–Kier alpha value is -2.52. The average Bonchev–Trinajstić information content (AvgIpc) is 2.79. The fourth-order valence-electron chi connectivity index (χ4n) is 3.79. The quantitative estimate of drug-likeness (QED) is 0.696. The number of amides is 1. The van der Waals surface area contributed by atoms with Crippen molar-refractivity contribution >= 4 is 15.9 Å². The maximum atomic E-state index is 13.5. The number of nitrogens with one attached hydrogen (secondary N) is 1. The van der Waals surface area contributed by atoms with E-state index < -0.39 is 21.7 Å². The van der Waals surface area contributed by atoms with Crippen LogP contribution in [0, 0.1) is 17.6 Å². The second-order valence-electron chi connectivity index (χ2n) is 7.47. The van der Waals surface area contributed by atoms with Gasteiger partial charge in [-0.25, -0.2) is 17.2 Å². The van der Waals surface area contributed by atoms with E-state index in [9.17, 15) is 22.0 Å². The second kappa shape index (κ2) is 9.74. The van der Waals surface area contributed by atoms with Crippen LogP contribution in [0.3, 0.4) is 0 Å². The highest BCUT2D eigenvalue weighted by atomic mass is 32.2. The van der Waals surface area contributed by atoms with Crippen LogP contribution in [0.1, 0.15) is 37.8 Å². The molecule has 168 valence electrons. The van der Waals surface area contributed by atoms with Crippen molar-refractivity contribution in [2.75, 3.05) is 20.2 Å². The molecule has 2 aromatic rings. The van der Waals surface area contributed by atoms with Crippen molar-refractivity contribution in [2.45, 2.75) is 37.1 Å². The fraction of sp³-hybridized carbons (Fsp3) is 0.409. The number of sulfonamides is 1. The summed E-state index contributed by atoms with van der Waals surface area (Å²) < 4.78 is 58.7. The molecule has 3 rings (SSSR count). The maximum Gasteiger partial charge on any atom is 0.243 e. The Bertz CT molecular complexity index is 1040. The Labute approximate surface area is 181 Å². The molecule has 2 aromatic carbocycles. The Morgan fingerprint density at radius 1 is 1.16 bits per heavy atom. The number of halogens is 2. The molecule has 0 aromatic heterocycles. The molecule has 31 heavy (non-hydrogen) atoms. The van der Waals surface area contributed by atoms with E-state index in [2.05, 4.69) is 5.32 Å². The van der Waals surface area contributed by atoms with Gasteiger partial charge < -0.3 is 10.1 Å². The summed E-state index contributed by atoms with van der Waals surface area (Å²) in [5, 5.41) is 3.05. The van der Waals surface area contributed by atoms with Gasteiger partial charge in [-0.3, -0.25) is 4.79 Å². The SMILES string of the molecule is CCC(NC(=O)C1CCN(S(=O)(=O)c2ccc(F)c(F)c2)CC1)c1ccccc1OC. The molecule has 1 atom stereocenters. The molecular formula is C22H26F2N2O4S. The van der Waals surface area contributed by atoms with Crippen LogP contribution in [0.15, 0.2) is 47.4 Å². The van der Waals surface area contributed by atoms with Crippen LogP contribution in [0.2, 0.25) is 0 Å². The van der Waals surface area contributed by atoms with Crippen LogP contribution in [-0.2, 0) is 14.8 Å². The van der Waals surface area contributed by atoms with Crippen molar-refractivity contribution in [1.82, 2.24) is 9.62 Å². The molecule has 1 N–H and O–H groups in total. The van der Waals surface area contributed by atoms with Gasteiger partial charge in [-0.2, -0.15) is 4.31 Å². The van der Waals surface area contributed by atoms with E-state index in [1.165, 1.54) is 4.31 Å². The molecule has 0 radical (unpaired) electrons. The Kier molecular flexibility index (Phi) is 7.27. The summed E-state index contributed by atoms with van der Waals surface area (Å²) >= 11 is 0. The first kappa shape index (κ1) is 23.1. The number of nitrogens with zero attached hydrogens (tertiary/aromatic N) is 1. The topological polar surface area (TPSA) is 75.7 Å². The second-order valence-corrected chi connectivity index (χ2v) is 9.40. The van der Waals surface area contributed by atoms with Gasteiger partial charge in [0.1, 0.15) is 5.75 Å². The molecule has 1 heterocycles. The predicted octanol–water partition coefficient (Wildman–Crippen LogP) is 3.64. The van der Waals surface area contributed by atoms with Gasteiger partial charge in [-0.15, -0.1) is 0 Å². The lowest BCUT2D eigenvalue weighted by Gasteiger charge is -2.31. The minimum atomic E-state index is -3.95. The van der Waals surface area contributed by atoms with Gasteiger partial charge in [0.25, 0.3) is 0 Å². The molecule has 0 spiro atoms. The fourth-order valence-corrected chi connectivity index (χ4v) is 5.27. The third-order valence-corrected chi connectivity index (χ3v) is 7.49. The van der Waals surface area contributed by atoms with Crippen LogP contribution in [-0.4, -0.2) is 38.8 Å². The summed E-state index contributed by atoms with van der Waals surface area (Å²) in [5.41, 5.74) is 0.888. The molecule has 1 unspecified atom stereocenters. The van der Waals surface area contributed by atoms with Gasteiger partial charge in [-0.05, 0) is 43.5 Å². The highest BCUT2D eigenvalue weighted by molar-refractivity contribution is 7.89. The number of hydrogen-bond acceptors (Lipinski definition) is 4. The lowest BCUT2D eigenvalue weighted by molar-refractivity contribution is -0.126. The summed E-state index contributed by atoms with van der Waals surface area (Å²) in [6.07, 6.45) is 1.36. The molecule has 1 saturated heterocycles. The number of rotatable bonds is 7. The van der Waals surface area contributed by atoms with Gasteiger partial charge in [0.05, 0.1) is 18.0 Å². The molecule has 0 aliphatic carbocycles. The molecule has 0 bridgehead atoms. The normalized spacial score (nSPS) is 16.6. The van der Waals surface area contributed by atoms with E-state index in [1.54, 1.807) is 7.11 Å². The molecule has 6 nitrogen and oxygen atoms in total. The third-order valence-electron chi connectivity index (χ3n) is 5.59. The smallest absolute Gasteiger partial charge is 0.243 e. The lowest BCUT2D eigenvalue weighted by Crippen LogP contribution is -2.43. The van der Waals surface area contributed by atoms with E-state index in [0.29, 0.717) is 31.1 Å². The molecule has 1 fully saturated rings. The number of methoxy groups -OCH3 is 1. The van der Waals surface area contributed by atoms with Crippen molar-refractivity contribution < 1.29 is 26.7 Å². The van der Waals surface area contributed by atoms with Gasteiger partial charge in [0, 0.05) is 24.6 Å². The molecule has 1 aliphatic rings. The van der Waals surface area contributed by atoms with E-state index >= 15 is 0 Å². The zero-order valence-electron chi connectivity index (χ0n) is 17.5. The molecule has 9 heteroatoms. The Morgan fingerprint density at radius 2 is 1.84 bits per heavy atom. The van der Waals surface area contributed by atoms with Crippen LogP contribution in [0.5, 0.6) is 5.75 Å². The number of benzene rings is 2.